The number of aryl methyl sites for hydroxylation is 4. The van der Waals surface area contributed by atoms with E-state index in [4.69, 9.17) is 0 Å². The first-order valence-electron chi connectivity index (χ1n) is 12.9. The molecule has 3 N–H and O–H groups in total. The van der Waals surface area contributed by atoms with Gasteiger partial charge < -0.3 is 16.0 Å². The van der Waals surface area contributed by atoms with Gasteiger partial charge in [-0.15, -0.1) is 0 Å². The number of hydrogen-bond donors (Lipinski definition) is 3. The van der Waals surface area contributed by atoms with Crippen molar-refractivity contribution in [2.75, 3.05) is 43.4 Å². The van der Waals surface area contributed by atoms with Crippen LogP contribution in [0.25, 0.3) is 0 Å². The third-order valence-corrected chi connectivity index (χ3v) is 5.93. The Labute approximate surface area is 215 Å². The summed E-state index contributed by atoms with van der Waals surface area (Å²) in [5.41, 5.74) is 6.12. The van der Waals surface area contributed by atoms with E-state index >= 15 is 0 Å². The van der Waals surface area contributed by atoms with E-state index in [-0.39, 0.29) is 14.7 Å². The zero-order chi connectivity index (χ0) is 26.2. The number of rotatable bonds is 12. The van der Waals surface area contributed by atoms with Crippen LogP contribution in [0.3, 0.4) is 0 Å². The first-order chi connectivity index (χ1) is 16.7. The van der Waals surface area contributed by atoms with Gasteiger partial charge in [0.1, 0.15) is 0 Å². The summed E-state index contributed by atoms with van der Waals surface area (Å²) < 4.78 is 0. The molecule has 2 aromatic rings. The molecule has 0 spiro atoms. The molecule has 0 aliphatic heterocycles. The van der Waals surface area contributed by atoms with Gasteiger partial charge in [0.25, 0.3) is 0 Å². The number of benzene rings is 2. The van der Waals surface area contributed by atoms with Gasteiger partial charge in [-0.05, 0) is 89.0 Å². The van der Waals surface area contributed by atoms with Crippen molar-refractivity contribution in [3.63, 3.8) is 0 Å². The number of carbonyl (C=O) groups excluding carboxylic acids is 2. The minimum absolute atomic E-state index is 0. The van der Waals surface area contributed by atoms with E-state index in [1.807, 2.05) is 64.1 Å². The number of anilines is 2. The standard InChI is InChI=1S/C25H35N3O2.C4H11N.2H2/c1-6-28(17-23(30)27-25-20(4)13-10-14-21(25)5)16-8-7-15-22(29)26-24-18(2)11-9-12-19(24)3;1-3-5-4-2;;/h9-14H,6-8,15-17H2,1-5H3,(H,26,29)(H,27,30);5H,3-4H2,1-2H3;2*1H. The van der Waals surface area contributed by atoms with Crippen LogP contribution < -0.4 is 16.0 Å². The lowest BCUT2D eigenvalue weighted by Gasteiger charge is -2.20. The molecule has 0 saturated heterocycles. The number of carbonyl (C=O) groups is 2. The Balaban J connectivity index is 0. The summed E-state index contributed by atoms with van der Waals surface area (Å²) in [5, 5.41) is 9.19. The number of likely N-dealkylation sites (N-methyl/N-ethyl adjacent to an activating group) is 1. The second-order valence-electron chi connectivity index (χ2n) is 8.91. The van der Waals surface area contributed by atoms with E-state index in [2.05, 4.69) is 41.6 Å². The van der Waals surface area contributed by atoms with E-state index in [1.54, 1.807) is 0 Å². The van der Waals surface area contributed by atoms with Crippen LogP contribution in [-0.2, 0) is 9.59 Å². The van der Waals surface area contributed by atoms with Crippen LogP contribution in [0.5, 0.6) is 0 Å². The van der Waals surface area contributed by atoms with E-state index in [1.165, 1.54) is 0 Å². The fraction of sp³-hybridized carbons (Fsp3) is 0.517. The van der Waals surface area contributed by atoms with Gasteiger partial charge >= 0.3 is 0 Å². The number of nitrogens with one attached hydrogen (secondary N) is 3. The maximum absolute atomic E-state index is 12.5. The van der Waals surface area contributed by atoms with Crippen molar-refractivity contribution in [3.05, 3.63) is 58.7 Å². The second-order valence-corrected chi connectivity index (χ2v) is 8.91. The Morgan fingerprint density at radius 3 is 1.60 bits per heavy atom. The molecule has 6 heteroatoms. The number of hydrogen-bond acceptors (Lipinski definition) is 4. The fourth-order valence-electron chi connectivity index (χ4n) is 3.83. The molecule has 2 rings (SSSR count). The van der Waals surface area contributed by atoms with E-state index in [0.717, 1.165) is 72.6 Å². The summed E-state index contributed by atoms with van der Waals surface area (Å²) in [5.74, 6) is 0.0465. The van der Waals surface area contributed by atoms with E-state index in [0.29, 0.717) is 13.0 Å². The lowest BCUT2D eigenvalue weighted by atomic mass is 10.1. The van der Waals surface area contributed by atoms with Crippen LogP contribution in [0.2, 0.25) is 0 Å². The minimum Gasteiger partial charge on any atom is -0.326 e. The number of nitrogens with zero attached hydrogens (tertiary/aromatic N) is 1. The third kappa shape index (κ3) is 11.5. The first kappa shape index (κ1) is 30.3. The summed E-state index contributed by atoms with van der Waals surface area (Å²) in [6, 6.07) is 12.0. The van der Waals surface area contributed by atoms with Crippen molar-refractivity contribution < 1.29 is 12.4 Å². The smallest absolute Gasteiger partial charge is 0.238 e. The molecular weight excluding hydrogens is 436 g/mol. The van der Waals surface area contributed by atoms with Crippen molar-refractivity contribution in [2.24, 2.45) is 0 Å². The molecule has 2 amide bonds. The van der Waals surface area contributed by atoms with E-state index in [9.17, 15) is 9.59 Å². The average Bonchev–Trinajstić information content (AvgIpc) is 2.82. The lowest BCUT2D eigenvalue weighted by Crippen LogP contribution is -2.34. The Hall–Kier alpha value is -2.70. The van der Waals surface area contributed by atoms with Crippen LogP contribution in [-0.4, -0.2) is 49.4 Å². The highest BCUT2D eigenvalue weighted by Gasteiger charge is 2.12. The Bertz CT molecular complexity index is 896. The molecule has 0 unspecified atom stereocenters. The molecule has 0 aliphatic carbocycles. The van der Waals surface area contributed by atoms with Gasteiger partial charge in [-0.2, -0.15) is 0 Å². The highest BCUT2D eigenvalue weighted by molar-refractivity contribution is 5.94. The van der Waals surface area contributed by atoms with Gasteiger partial charge in [-0.25, -0.2) is 0 Å². The molecule has 198 valence electrons. The van der Waals surface area contributed by atoms with Crippen molar-refractivity contribution in [1.82, 2.24) is 10.2 Å². The largest absolute Gasteiger partial charge is 0.326 e. The maximum Gasteiger partial charge on any atom is 0.238 e. The predicted octanol–water partition coefficient (Wildman–Crippen LogP) is 6.10. The molecule has 0 heterocycles. The third-order valence-electron chi connectivity index (χ3n) is 5.93. The highest BCUT2D eigenvalue weighted by atomic mass is 16.2. The molecule has 0 aliphatic rings. The summed E-state index contributed by atoms with van der Waals surface area (Å²) in [6.07, 6.45) is 2.16. The Morgan fingerprint density at radius 1 is 0.743 bits per heavy atom. The summed E-state index contributed by atoms with van der Waals surface area (Å²) >= 11 is 0. The SMILES string of the molecule is CCN(CCCCC(=O)Nc1c(C)cccc1C)CC(=O)Nc1c(C)cccc1C.CCNCC.[HH].[HH]. The van der Waals surface area contributed by atoms with Gasteiger partial charge in [-0.3, -0.25) is 14.5 Å². The average molecular weight is 487 g/mol. The molecule has 0 saturated carbocycles. The molecule has 6 nitrogen and oxygen atoms in total. The van der Waals surface area contributed by atoms with Crippen molar-refractivity contribution in [3.8, 4) is 0 Å². The van der Waals surface area contributed by atoms with Gasteiger partial charge in [0.2, 0.25) is 11.8 Å². The van der Waals surface area contributed by atoms with Crippen molar-refractivity contribution in [2.45, 2.75) is 67.7 Å². The summed E-state index contributed by atoms with van der Waals surface area (Å²) in [6.45, 7) is 18.4. The van der Waals surface area contributed by atoms with Crippen molar-refractivity contribution in [1.29, 1.82) is 0 Å². The van der Waals surface area contributed by atoms with Gasteiger partial charge in [0.15, 0.2) is 0 Å². The number of unbranched alkanes of at least 4 members (excludes halogenated alkanes) is 1. The zero-order valence-corrected chi connectivity index (χ0v) is 22.9. The zero-order valence-electron chi connectivity index (χ0n) is 22.9. The molecule has 2 aromatic carbocycles. The number of amides is 2. The van der Waals surface area contributed by atoms with Crippen LogP contribution >= 0.6 is 0 Å². The Kier molecular flexibility index (Phi) is 14.6. The minimum atomic E-state index is 0. The lowest BCUT2D eigenvalue weighted by molar-refractivity contribution is -0.118. The summed E-state index contributed by atoms with van der Waals surface area (Å²) in [4.78, 5) is 26.9. The molecule has 35 heavy (non-hydrogen) atoms. The molecule has 0 atom stereocenters. The molecular formula is C29H50N4O2. The maximum atomic E-state index is 12.5. The van der Waals surface area contributed by atoms with Crippen LogP contribution in [0.4, 0.5) is 11.4 Å². The van der Waals surface area contributed by atoms with Gasteiger partial charge in [-0.1, -0.05) is 57.2 Å². The predicted molar refractivity (Wildman–Crippen MR) is 154 cm³/mol. The molecule has 0 fully saturated rings. The molecule has 0 bridgehead atoms. The van der Waals surface area contributed by atoms with Crippen LogP contribution in [0.15, 0.2) is 36.4 Å². The van der Waals surface area contributed by atoms with Gasteiger partial charge in [0, 0.05) is 20.6 Å². The summed E-state index contributed by atoms with van der Waals surface area (Å²) in [7, 11) is 0. The normalized spacial score (nSPS) is 10.5. The topological polar surface area (TPSA) is 73.5 Å². The van der Waals surface area contributed by atoms with Crippen LogP contribution in [0.1, 0.15) is 65.1 Å². The molecule has 0 aromatic heterocycles. The fourth-order valence-corrected chi connectivity index (χ4v) is 3.83. The van der Waals surface area contributed by atoms with Crippen LogP contribution in [0, 0.1) is 27.7 Å². The van der Waals surface area contributed by atoms with Crippen molar-refractivity contribution >= 4 is 23.2 Å². The first-order valence-corrected chi connectivity index (χ1v) is 12.9. The Morgan fingerprint density at radius 2 is 1.20 bits per heavy atom. The highest BCUT2D eigenvalue weighted by Crippen LogP contribution is 2.20. The second kappa shape index (κ2) is 16.8. The number of para-hydroxylation sites is 2. The quantitative estimate of drug-likeness (QED) is 0.317. The monoisotopic (exact) mass is 486 g/mol. The van der Waals surface area contributed by atoms with E-state index < -0.39 is 0 Å². The molecule has 0 radical (unpaired) electrons. The van der Waals surface area contributed by atoms with Gasteiger partial charge in [0.05, 0.1) is 6.54 Å².